The Morgan fingerprint density at radius 1 is 1.02 bits per heavy atom. The van der Waals surface area contributed by atoms with Crippen LogP contribution >= 0.6 is 34.7 Å². The van der Waals surface area contributed by atoms with E-state index in [0.717, 1.165) is 16.9 Å². The van der Waals surface area contributed by atoms with Crippen LogP contribution in [-0.4, -0.2) is 34.6 Å². The summed E-state index contributed by atoms with van der Waals surface area (Å²) < 4.78 is 5.81. The van der Waals surface area contributed by atoms with Crippen LogP contribution in [0.2, 0.25) is 5.02 Å². The molecule has 11 heteroatoms. The molecule has 0 bridgehead atoms. The Hall–Kier alpha value is -3.86. The number of hydrogen-bond donors (Lipinski definition) is 2. The number of halogens is 1. The third-order valence-corrected chi connectivity index (χ3v) is 9.57. The molecule has 6 rings (SSSR count). The number of fused-ring (bicyclic) bond motifs is 2. The monoisotopic (exact) mass is 591 g/mol. The lowest BCUT2D eigenvalue weighted by Crippen LogP contribution is -2.32. The predicted molar refractivity (Wildman–Crippen MR) is 156 cm³/mol. The van der Waals surface area contributed by atoms with Crippen molar-refractivity contribution in [3.05, 3.63) is 103 Å². The largest absolute Gasteiger partial charge is 0.484 e. The Morgan fingerprint density at radius 2 is 1.80 bits per heavy atom. The van der Waals surface area contributed by atoms with Crippen molar-refractivity contribution in [1.82, 2.24) is 4.98 Å². The first kappa shape index (κ1) is 26.4. The van der Waals surface area contributed by atoms with Gasteiger partial charge in [-0.1, -0.05) is 65.0 Å². The number of benzene rings is 3. The van der Waals surface area contributed by atoms with E-state index in [4.69, 9.17) is 16.3 Å². The zero-order valence-corrected chi connectivity index (χ0v) is 23.4. The van der Waals surface area contributed by atoms with Crippen molar-refractivity contribution in [2.24, 2.45) is 5.92 Å². The van der Waals surface area contributed by atoms with Crippen molar-refractivity contribution in [2.45, 2.75) is 23.1 Å². The van der Waals surface area contributed by atoms with Gasteiger partial charge in [-0.2, -0.15) is 0 Å². The molecule has 2 aliphatic rings. The van der Waals surface area contributed by atoms with E-state index >= 15 is 0 Å². The first-order valence-corrected chi connectivity index (χ1v) is 14.5. The Balaban J connectivity index is 1.29. The maximum atomic E-state index is 13.8. The summed E-state index contributed by atoms with van der Waals surface area (Å²) in [4.78, 5) is 56.7. The van der Waals surface area contributed by atoms with Crippen molar-refractivity contribution >= 4 is 63.8 Å². The van der Waals surface area contributed by atoms with E-state index < -0.39 is 17.1 Å². The minimum absolute atomic E-state index is 0.213. The Morgan fingerprint density at radius 3 is 2.58 bits per heavy atom. The van der Waals surface area contributed by atoms with Gasteiger partial charge in [-0.3, -0.25) is 19.2 Å². The predicted octanol–water partition coefficient (Wildman–Crippen LogP) is 5.21. The lowest BCUT2D eigenvalue weighted by atomic mass is 9.83. The molecule has 0 radical (unpaired) electrons. The molecule has 202 valence electrons. The molecule has 3 atom stereocenters. The average Bonchev–Trinajstić information content (AvgIpc) is 3.43. The second-order valence-electron chi connectivity index (χ2n) is 9.46. The summed E-state index contributed by atoms with van der Waals surface area (Å²) in [6, 6.07) is 21.1. The second kappa shape index (κ2) is 10.6. The number of hydrogen-bond acceptors (Lipinski definition) is 7. The van der Waals surface area contributed by atoms with Crippen molar-refractivity contribution in [2.75, 3.05) is 16.8 Å². The van der Waals surface area contributed by atoms with Gasteiger partial charge in [-0.05, 0) is 60.5 Å². The number of amides is 3. The van der Waals surface area contributed by atoms with Gasteiger partial charge in [0, 0.05) is 21.5 Å². The molecule has 1 saturated heterocycles. The van der Waals surface area contributed by atoms with E-state index in [1.54, 1.807) is 42.5 Å². The minimum Gasteiger partial charge on any atom is -0.484 e. The number of thioether (sulfide) groups is 1. The third-order valence-electron chi connectivity index (χ3n) is 6.92. The number of nitrogens with zero attached hydrogens (tertiary/aromatic N) is 1. The van der Waals surface area contributed by atoms with Crippen LogP contribution in [0, 0.1) is 12.8 Å². The van der Waals surface area contributed by atoms with E-state index in [0.29, 0.717) is 37.6 Å². The summed E-state index contributed by atoms with van der Waals surface area (Å²) in [5.41, 5.74) is 2.80. The molecule has 3 amide bonds. The van der Waals surface area contributed by atoms with Gasteiger partial charge in [0.25, 0.3) is 5.91 Å². The molecule has 1 fully saturated rings. The molecule has 40 heavy (non-hydrogen) atoms. The number of aromatic amines is 1. The highest BCUT2D eigenvalue weighted by molar-refractivity contribution is 8.00. The second-order valence-corrected chi connectivity index (χ2v) is 12.1. The number of rotatable bonds is 6. The van der Waals surface area contributed by atoms with Crippen LogP contribution in [0.3, 0.4) is 0 Å². The van der Waals surface area contributed by atoms with E-state index in [1.165, 1.54) is 16.7 Å². The molecule has 4 aromatic rings. The molecule has 2 aliphatic heterocycles. The maximum absolute atomic E-state index is 13.8. The number of aryl methyl sites for hydroxylation is 1. The average molecular weight is 592 g/mol. The SMILES string of the molecule is Cc1ccccc1NC(=O)COc1cccc(C2c3sc(=O)[nH]c3SC3C(=O)N(c4ccc(Cl)cc4)C(=O)C32)c1. The quantitative estimate of drug-likeness (QED) is 0.298. The molecule has 0 saturated carbocycles. The summed E-state index contributed by atoms with van der Waals surface area (Å²) in [7, 11) is 0. The standard InChI is InChI=1S/C29H22ClN3O5S2/c1-15-5-2-3-8-20(15)31-21(34)14-38-19-7-4-6-16(13-19)22-23-25(39-26-24(22)40-29(37)32-26)28(36)33(27(23)35)18-11-9-17(30)10-12-18/h2-13,22-23,25H,14H2,1H3,(H,31,34)(H,32,37). The molecule has 2 N–H and O–H groups in total. The van der Waals surface area contributed by atoms with Crippen LogP contribution in [0.1, 0.15) is 21.9 Å². The van der Waals surface area contributed by atoms with E-state index in [2.05, 4.69) is 10.3 Å². The molecule has 3 heterocycles. The minimum atomic E-state index is -0.730. The van der Waals surface area contributed by atoms with Crippen LogP contribution in [0.25, 0.3) is 0 Å². The third kappa shape index (κ3) is 4.83. The van der Waals surface area contributed by atoms with Crippen LogP contribution in [-0.2, 0) is 14.4 Å². The Labute approximate surface area is 242 Å². The summed E-state index contributed by atoms with van der Waals surface area (Å²) >= 11 is 8.27. The smallest absolute Gasteiger partial charge is 0.305 e. The number of carbonyl (C=O) groups excluding carboxylic acids is 3. The molecule has 8 nitrogen and oxygen atoms in total. The summed E-state index contributed by atoms with van der Waals surface area (Å²) in [5, 5.41) is 3.21. The Kier molecular flexibility index (Phi) is 6.99. The first-order chi connectivity index (χ1) is 19.3. The number of para-hydroxylation sites is 1. The Bertz CT molecular complexity index is 1700. The molecular formula is C29H22ClN3O5S2. The molecule has 0 spiro atoms. The fraction of sp³-hybridized carbons (Fsp3) is 0.172. The number of anilines is 2. The lowest BCUT2D eigenvalue weighted by molar-refractivity contribution is -0.122. The van der Waals surface area contributed by atoms with Gasteiger partial charge in [-0.15, -0.1) is 0 Å². The normalized spacial score (nSPS) is 19.8. The van der Waals surface area contributed by atoms with Crippen LogP contribution in [0.15, 0.2) is 82.6 Å². The molecule has 3 unspecified atom stereocenters. The van der Waals surface area contributed by atoms with Crippen LogP contribution in [0.5, 0.6) is 5.75 Å². The van der Waals surface area contributed by atoms with Crippen molar-refractivity contribution in [3.8, 4) is 5.75 Å². The number of H-pyrrole nitrogens is 1. The molecular weight excluding hydrogens is 570 g/mol. The fourth-order valence-corrected chi connectivity index (χ4v) is 7.71. The zero-order valence-electron chi connectivity index (χ0n) is 21.1. The highest BCUT2D eigenvalue weighted by Crippen LogP contribution is 2.53. The number of nitrogens with one attached hydrogen (secondary N) is 2. The number of thiazole rings is 1. The van der Waals surface area contributed by atoms with Gasteiger partial charge in [0.15, 0.2) is 6.61 Å². The molecule has 0 aliphatic carbocycles. The lowest BCUT2D eigenvalue weighted by Gasteiger charge is -2.30. The topological polar surface area (TPSA) is 109 Å². The first-order valence-electron chi connectivity index (χ1n) is 12.4. The van der Waals surface area contributed by atoms with Crippen LogP contribution < -0.4 is 19.8 Å². The number of aromatic nitrogens is 1. The van der Waals surface area contributed by atoms with Gasteiger partial charge in [0.2, 0.25) is 11.8 Å². The van der Waals surface area contributed by atoms with Crippen molar-refractivity contribution < 1.29 is 19.1 Å². The van der Waals surface area contributed by atoms with Crippen molar-refractivity contribution in [1.29, 1.82) is 0 Å². The van der Waals surface area contributed by atoms with Gasteiger partial charge in [0.1, 0.15) is 11.0 Å². The van der Waals surface area contributed by atoms with Gasteiger partial charge in [0.05, 0.1) is 16.6 Å². The number of ether oxygens (including phenoxy) is 1. The molecule has 3 aromatic carbocycles. The maximum Gasteiger partial charge on any atom is 0.305 e. The van der Waals surface area contributed by atoms with Crippen molar-refractivity contribution in [3.63, 3.8) is 0 Å². The summed E-state index contributed by atoms with van der Waals surface area (Å²) in [6.45, 7) is 1.69. The molecule has 1 aromatic heterocycles. The van der Waals surface area contributed by atoms with E-state index in [-0.39, 0.29) is 29.2 Å². The van der Waals surface area contributed by atoms with Gasteiger partial charge < -0.3 is 15.0 Å². The fourth-order valence-electron chi connectivity index (χ4n) is 5.07. The highest BCUT2D eigenvalue weighted by Gasteiger charge is 2.56. The zero-order chi connectivity index (χ0) is 28.0. The van der Waals surface area contributed by atoms with Crippen LogP contribution in [0.4, 0.5) is 11.4 Å². The van der Waals surface area contributed by atoms with Gasteiger partial charge in [-0.25, -0.2) is 4.90 Å². The summed E-state index contributed by atoms with van der Waals surface area (Å²) in [5.74, 6) is -1.84. The highest BCUT2D eigenvalue weighted by atomic mass is 35.5. The number of imide groups is 1. The number of carbonyl (C=O) groups is 3. The summed E-state index contributed by atoms with van der Waals surface area (Å²) in [6.07, 6.45) is 0. The van der Waals surface area contributed by atoms with E-state index in [1.807, 2.05) is 37.3 Å². The van der Waals surface area contributed by atoms with E-state index in [9.17, 15) is 19.2 Å². The van der Waals surface area contributed by atoms with Gasteiger partial charge >= 0.3 is 4.87 Å².